The van der Waals surface area contributed by atoms with Crippen LogP contribution in [0.3, 0.4) is 0 Å². The Morgan fingerprint density at radius 3 is 1.13 bits per heavy atom. The second-order valence-corrected chi connectivity index (χ2v) is 10.8. The van der Waals surface area contributed by atoms with Crippen molar-refractivity contribution in [2.45, 2.75) is 39.5 Å². The van der Waals surface area contributed by atoms with Gasteiger partial charge in [0.15, 0.2) is 0 Å². The molecule has 0 aliphatic carbocycles. The first-order valence-corrected chi connectivity index (χ1v) is 14.7. The normalized spacial score (nSPS) is 10.5. The topological polar surface area (TPSA) is 68.3 Å². The first kappa shape index (κ1) is 32.8. The van der Waals surface area contributed by atoms with Gasteiger partial charge in [-0.25, -0.2) is 9.59 Å². The number of esters is 2. The largest absolute Gasteiger partial charge is 0.458 e. The van der Waals surface area contributed by atoms with Gasteiger partial charge in [-0.15, -0.1) is 0 Å². The maximum absolute atomic E-state index is 11.3. The number of rotatable bonds is 16. The summed E-state index contributed by atoms with van der Waals surface area (Å²) in [5, 5.41) is 0. The molecule has 232 valence electrons. The maximum atomic E-state index is 11.3. The quantitative estimate of drug-likeness (QED) is 0.0995. The Morgan fingerprint density at radius 2 is 0.800 bits per heavy atom. The fourth-order valence-electron chi connectivity index (χ4n) is 4.62. The lowest BCUT2D eigenvalue weighted by atomic mass is 10.1. The molecular weight excluding hydrogens is 564 g/mol. The molecule has 4 rings (SSSR count). The van der Waals surface area contributed by atoms with Gasteiger partial charge in [-0.05, 0) is 57.6 Å². The minimum absolute atomic E-state index is 0.240. The van der Waals surface area contributed by atoms with E-state index < -0.39 is 11.9 Å². The van der Waals surface area contributed by atoms with E-state index in [9.17, 15) is 9.59 Å². The fourth-order valence-corrected chi connectivity index (χ4v) is 4.62. The Morgan fingerprint density at radius 1 is 0.511 bits per heavy atom. The van der Waals surface area contributed by atoms with Crippen molar-refractivity contribution in [3.05, 3.63) is 156 Å². The molecule has 4 aromatic carbocycles. The molecule has 0 spiro atoms. The summed E-state index contributed by atoms with van der Waals surface area (Å²) in [6, 6.07) is 32.9. The summed E-state index contributed by atoms with van der Waals surface area (Å²) < 4.78 is 16.2. The van der Waals surface area contributed by atoms with Crippen molar-refractivity contribution in [2.24, 2.45) is 0 Å². The second kappa shape index (κ2) is 16.6. The summed E-state index contributed by atoms with van der Waals surface area (Å²) in [6.45, 7) is 9.89. The highest BCUT2D eigenvalue weighted by Crippen LogP contribution is 2.20. The van der Waals surface area contributed by atoms with Crippen LogP contribution in [0.15, 0.2) is 122 Å². The van der Waals surface area contributed by atoms with E-state index in [-0.39, 0.29) is 13.2 Å². The van der Waals surface area contributed by atoms with E-state index in [1.807, 2.05) is 48.5 Å². The lowest BCUT2D eigenvalue weighted by Crippen LogP contribution is -2.16. The average molecular weight is 605 g/mol. The third kappa shape index (κ3) is 10.5. The fraction of sp³-hybridized carbons (Fsp3) is 0.211. The van der Waals surface area contributed by atoms with Gasteiger partial charge in [-0.1, -0.05) is 86.0 Å². The first-order valence-electron chi connectivity index (χ1n) is 14.7. The molecule has 45 heavy (non-hydrogen) atoms. The number of nitrogens with zero attached hydrogens (tertiary/aromatic N) is 2. The van der Waals surface area contributed by atoms with Crippen molar-refractivity contribution in [3.8, 4) is 0 Å². The summed E-state index contributed by atoms with van der Waals surface area (Å²) in [4.78, 5) is 26.9. The van der Waals surface area contributed by atoms with Crippen LogP contribution in [0.1, 0.15) is 33.4 Å². The van der Waals surface area contributed by atoms with E-state index in [1.165, 1.54) is 23.3 Å². The van der Waals surface area contributed by atoms with E-state index in [1.54, 1.807) is 0 Å². The van der Waals surface area contributed by atoms with Crippen molar-refractivity contribution in [1.82, 2.24) is 0 Å². The van der Waals surface area contributed by atoms with Crippen LogP contribution >= 0.6 is 0 Å². The van der Waals surface area contributed by atoms with Gasteiger partial charge in [0.05, 0.1) is 13.2 Å². The number of carbonyl (C=O) groups is 2. The van der Waals surface area contributed by atoms with Gasteiger partial charge in [-0.3, -0.25) is 0 Å². The van der Waals surface area contributed by atoms with Crippen LogP contribution < -0.4 is 9.80 Å². The summed E-state index contributed by atoms with van der Waals surface area (Å²) >= 11 is 0. The Balaban J connectivity index is 1.18. The highest BCUT2D eigenvalue weighted by Gasteiger charge is 2.07. The Hall–Kier alpha value is -5.14. The molecule has 7 nitrogen and oxygen atoms in total. The van der Waals surface area contributed by atoms with Crippen LogP contribution in [0.25, 0.3) is 0 Å². The molecule has 0 aliphatic rings. The van der Waals surface area contributed by atoms with Crippen LogP contribution in [0.4, 0.5) is 11.4 Å². The monoisotopic (exact) mass is 604 g/mol. The van der Waals surface area contributed by atoms with Crippen LogP contribution in [0, 0.1) is 0 Å². The molecule has 0 saturated carbocycles. The molecule has 0 fully saturated rings. The molecule has 0 aliphatic heterocycles. The number of hydrogen-bond donors (Lipinski definition) is 0. The van der Waals surface area contributed by atoms with Gasteiger partial charge in [0.25, 0.3) is 0 Å². The lowest BCUT2D eigenvalue weighted by molar-refractivity contribution is -0.139. The highest BCUT2D eigenvalue weighted by molar-refractivity contribution is 5.81. The average Bonchev–Trinajstić information content (AvgIpc) is 3.07. The number of benzene rings is 4. The van der Waals surface area contributed by atoms with Crippen molar-refractivity contribution in [3.63, 3.8) is 0 Å². The Kier molecular flexibility index (Phi) is 12.1. The van der Waals surface area contributed by atoms with Crippen molar-refractivity contribution < 1.29 is 23.8 Å². The predicted octanol–water partition coefficient (Wildman–Crippen LogP) is 7.13. The minimum Gasteiger partial charge on any atom is -0.458 e. The maximum Gasteiger partial charge on any atom is 0.330 e. The second-order valence-electron chi connectivity index (χ2n) is 10.8. The van der Waals surface area contributed by atoms with E-state index in [2.05, 4.69) is 85.6 Å². The molecule has 0 amide bonds. The molecule has 0 unspecified atom stereocenters. The zero-order chi connectivity index (χ0) is 32.0. The number of anilines is 2. The van der Waals surface area contributed by atoms with Gasteiger partial charge in [0, 0.05) is 50.7 Å². The Bertz CT molecular complexity index is 1430. The SMILES string of the molecule is C=CC(=O)OCc1ccc(CN(C)c2ccc(COCc3ccc(N(C)Cc4ccc(COC(=O)C=C)cc4)cc3)cc2)cc1. The molecule has 0 saturated heterocycles. The predicted molar refractivity (Wildman–Crippen MR) is 178 cm³/mol. The zero-order valence-corrected chi connectivity index (χ0v) is 26.0. The minimum atomic E-state index is -0.422. The smallest absolute Gasteiger partial charge is 0.330 e. The number of hydrogen-bond acceptors (Lipinski definition) is 7. The molecular formula is C38H40N2O5. The molecule has 0 atom stereocenters. The molecule has 0 aromatic heterocycles. The summed E-state index contributed by atoms with van der Waals surface area (Å²) in [5.41, 5.74) is 8.68. The molecule has 7 heteroatoms. The van der Waals surface area contributed by atoms with Gasteiger partial charge < -0.3 is 24.0 Å². The Labute approximate surface area is 266 Å². The summed E-state index contributed by atoms with van der Waals surface area (Å²) in [6.07, 6.45) is 2.33. The van der Waals surface area contributed by atoms with Gasteiger partial charge in [0.1, 0.15) is 13.2 Å². The van der Waals surface area contributed by atoms with E-state index in [4.69, 9.17) is 14.2 Å². The van der Waals surface area contributed by atoms with Crippen LogP contribution in [0.5, 0.6) is 0 Å². The van der Waals surface area contributed by atoms with E-state index >= 15 is 0 Å². The van der Waals surface area contributed by atoms with Gasteiger partial charge >= 0.3 is 11.9 Å². The molecule has 0 heterocycles. The molecule has 0 bridgehead atoms. The van der Waals surface area contributed by atoms with Crippen molar-refractivity contribution in [2.75, 3.05) is 23.9 Å². The zero-order valence-electron chi connectivity index (χ0n) is 26.0. The van der Waals surface area contributed by atoms with Crippen LogP contribution in [-0.2, 0) is 63.3 Å². The number of carbonyl (C=O) groups excluding carboxylic acids is 2. The van der Waals surface area contributed by atoms with Crippen LogP contribution in [0.2, 0.25) is 0 Å². The molecule has 0 radical (unpaired) electrons. The third-order valence-corrected chi connectivity index (χ3v) is 7.27. The van der Waals surface area contributed by atoms with Crippen LogP contribution in [-0.4, -0.2) is 26.0 Å². The third-order valence-electron chi connectivity index (χ3n) is 7.27. The molecule has 0 N–H and O–H groups in total. The van der Waals surface area contributed by atoms with Gasteiger partial charge in [0.2, 0.25) is 0 Å². The highest BCUT2D eigenvalue weighted by atomic mass is 16.5. The number of ether oxygens (including phenoxy) is 3. The standard InChI is InChI=1S/C38H40N2O5/c1-5-37(41)44-27-33-11-7-29(8-12-33)23-39(3)35-19-15-31(16-20-35)25-43-26-32-17-21-36(22-18-32)40(4)24-30-9-13-34(14-10-30)28-45-38(42)6-2/h5-22H,1-2,23-28H2,3-4H3. The van der Waals surface area contributed by atoms with Crippen molar-refractivity contribution >= 4 is 23.3 Å². The van der Waals surface area contributed by atoms with Crippen molar-refractivity contribution in [1.29, 1.82) is 0 Å². The summed E-state index contributed by atoms with van der Waals surface area (Å²) in [5.74, 6) is -0.844. The summed E-state index contributed by atoms with van der Waals surface area (Å²) in [7, 11) is 4.13. The first-order chi connectivity index (χ1) is 21.8. The van der Waals surface area contributed by atoms with E-state index in [0.29, 0.717) is 13.2 Å². The van der Waals surface area contributed by atoms with Gasteiger partial charge in [-0.2, -0.15) is 0 Å². The molecule has 4 aromatic rings. The van der Waals surface area contributed by atoms with E-state index in [0.717, 1.165) is 46.7 Å². The lowest BCUT2D eigenvalue weighted by Gasteiger charge is -2.20.